The molecule has 3 aliphatic heterocycles. The molecule has 4 aliphatic rings. The van der Waals surface area contributed by atoms with Crippen molar-refractivity contribution < 1.29 is 23.9 Å². The summed E-state index contributed by atoms with van der Waals surface area (Å²) in [5, 5.41) is 7.30. The third kappa shape index (κ3) is 8.08. The molecule has 2 fully saturated rings. The van der Waals surface area contributed by atoms with Crippen LogP contribution in [0.1, 0.15) is 13.8 Å². The standard InChI is InChI=1S/C15H14N4O3.C11H15NO2.C2H6/c20-13-12(17-14(21)18-13)7-5-10-2-1-3-11(6-4-10)19-9-8-16-15(19)22;1-4-10-9(6-5-7-14-3)8-12(2)11(10)13;1-2/h1-4,6,11-12H,8-9H2,(H,16,22)(H2,17,18,20,21);4-6H,1,7-8H2,2-3H3;1-2H3/b;6-5-;. The lowest BCUT2D eigenvalue weighted by molar-refractivity contribution is -0.124. The largest absolute Gasteiger partial charge is 0.381 e. The van der Waals surface area contributed by atoms with E-state index >= 15 is 0 Å². The minimum absolute atomic E-state index is 0.0390. The van der Waals surface area contributed by atoms with Crippen LogP contribution in [0.3, 0.4) is 0 Å². The number of hydrogen-bond donors (Lipinski definition) is 3. The Hall–Kier alpha value is -4.36. The Kier molecular flexibility index (Phi) is 11.8. The van der Waals surface area contributed by atoms with Gasteiger partial charge in [-0.05, 0) is 17.7 Å². The third-order valence-electron chi connectivity index (χ3n) is 5.56. The molecule has 202 valence electrons. The van der Waals surface area contributed by atoms with E-state index in [9.17, 15) is 19.2 Å². The number of nitrogens with zero attached hydrogens (tertiary/aromatic N) is 2. The second-order valence-electron chi connectivity index (χ2n) is 8.11. The Morgan fingerprint density at radius 2 is 1.97 bits per heavy atom. The van der Waals surface area contributed by atoms with Crippen molar-refractivity contribution in [1.82, 2.24) is 25.8 Å². The highest BCUT2D eigenvalue weighted by atomic mass is 16.5. The van der Waals surface area contributed by atoms with Crippen LogP contribution in [0, 0.1) is 11.8 Å². The zero-order valence-electron chi connectivity index (χ0n) is 22.2. The second kappa shape index (κ2) is 15.0. The van der Waals surface area contributed by atoms with Gasteiger partial charge in [0.15, 0.2) is 6.04 Å². The maximum atomic E-state index is 11.7. The molecular weight excluding hydrogens is 486 g/mol. The summed E-state index contributed by atoms with van der Waals surface area (Å²) in [6, 6.07) is -1.56. The van der Waals surface area contributed by atoms with Crippen molar-refractivity contribution in [3.05, 3.63) is 71.9 Å². The minimum Gasteiger partial charge on any atom is -0.381 e. The first-order valence-electron chi connectivity index (χ1n) is 12.3. The van der Waals surface area contributed by atoms with Gasteiger partial charge in [-0.1, -0.05) is 68.7 Å². The van der Waals surface area contributed by atoms with Gasteiger partial charge in [-0.15, -0.1) is 0 Å². The van der Waals surface area contributed by atoms with E-state index in [2.05, 4.69) is 34.4 Å². The van der Waals surface area contributed by atoms with Gasteiger partial charge in [-0.25, -0.2) is 9.59 Å². The van der Waals surface area contributed by atoms with Crippen molar-refractivity contribution in [3.8, 4) is 11.8 Å². The summed E-state index contributed by atoms with van der Waals surface area (Å²) in [7, 11) is 3.42. The Morgan fingerprint density at radius 3 is 2.58 bits per heavy atom. The number of hydrogen-bond acceptors (Lipinski definition) is 5. The number of urea groups is 2. The zero-order chi connectivity index (χ0) is 28.1. The summed E-state index contributed by atoms with van der Waals surface area (Å²) in [4.78, 5) is 48.9. The lowest BCUT2D eigenvalue weighted by Crippen LogP contribution is -2.35. The number of rotatable bonds is 5. The molecule has 0 spiro atoms. The highest BCUT2D eigenvalue weighted by Gasteiger charge is 2.28. The van der Waals surface area contributed by atoms with E-state index in [1.165, 1.54) is 0 Å². The maximum Gasteiger partial charge on any atom is 0.322 e. The molecule has 2 unspecified atom stereocenters. The summed E-state index contributed by atoms with van der Waals surface area (Å²) < 4.78 is 4.89. The fraction of sp³-hybridized carbons (Fsp3) is 0.357. The summed E-state index contributed by atoms with van der Waals surface area (Å²) in [6.45, 7) is 10.2. The van der Waals surface area contributed by atoms with E-state index in [1.807, 2.05) is 44.2 Å². The predicted molar refractivity (Wildman–Crippen MR) is 146 cm³/mol. The summed E-state index contributed by atoms with van der Waals surface area (Å²) in [5.41, 5.74) is 2.40. The van der Waals surface area contributed by atoms with Crippen molar-refractivity contribution in [1.29, 1.82) is 0 Å². The highest BCUT2D eigenvalue weighted by Crippen LogP contribution is 2.19. The van der Waals surface area contributed by atoms with Crippen LogP contribution in [-0.2, 0) is 14.3 Å². The Bertz CT molecular complexity index is 1150. The highest BCUT2D eigenvalue weighted by molar-refractivity contribution is 6.05. The van der Waals surface area contributed by atoms with Gasteiger partial charge in [-0.2, -0.15) is 0 Å². The first kappa shape index (κ1) is 29.9. The van der Waals surface area contributed by atoms with Crippen LogP contribution in [0.25, 0.3) is 0 Å². The third-order valence-corrected chi connectivity index (χ3v) is 5.56. The Morgan fingerprint density at radius 1 is 1.21 bits per heavy atom. The molecule has 3 N–H and O–H groups in total. The van der Waals surface area contributed by atoms with Crippen LogP contribution in [-0.4, -0.2) is 86.2 Å². The number of amides is 6. The normalized spacial score (nSPS) is 21.9. The van der Waals surface area contributed by atoms with E-state index in [-0.39, 0.29) is 18.0 Å². The molecule has 0 radical (unpaired) electrons. The molecule has 0 aromatic heterocycles. The molecule has 0 aromatic carbocycles. The quantitative estimate of drug-likeness (QED) is 0.377. The van der Waals surface area contributed by atoms with E-state index in [1.54, 1.807) is 42.2 Å². The van der Waals surface area contributed by atoms with E-state index in [0.29, 0.717) is 37.4 Å². The van der Waals surface area contributed by atoms with Gasteiger partial charge < -0.3 is 25.2 Å². The van der Waals surface area contributed by atoms with Gasteiger partial charge in [0.1, 0.15) is 0 Å². The minimum atomic E-state index is -0.825. The van der Waals surface area contributed by atoms with Crippen LogP contribution in [0.15, 0.2) is 71.9 Å². The average molecular weight is 522 g/mol. The Balaban J connectivity index is 0.000000274. The van der Waals surface area contributed by atoms with Crippen LogP contribution in [0.5, 0.6) is 0 Å². The molecule has 0 aromatic rings. The van der Waals surface area contributed by atoms with Crippen LogP contribution < -0.4 is 16.0 Å². The van der Waals surface area contributed by atoms with E-state index in [0.717, 1.165) is 5.57 Å². The van der Waals surface area contributed by atoms with Gasteiger partial charge in [0.05, 0.1) is 12.6 Å². The molecule has 3 heterocycles. The molecule has 1 aliphatic carbocycles. The van der Waals surface area contributed by atoms with Gasteiger partial charge in [0.2, 0.25) is 0 Å². The van der Waals surface area contributed by atoms with Crippen molar-refractivity contribution in [2.45, 2.75) is 25.9 Å². The van der Waals surface area contributed by atoms with Crippen LogP contribution in [0.2, 0.25) is 0 Å². The van der Waals surface area contributed by atoms with Crippen molar-refractivity contribution in [2.75, 3.05) is 40.4 Å². The fourth-order valence-electron chi connectivity index (χ4n) is 3.73. The molecule has 4 rings (SSSR count). The molecule has 38 heavy (non-hydrogen) atoms. The summed E-state index contributed by atoms with van der Waals surface area (Å²) >= 11 is 0. The second-order valence-corrected chi connectivity index (χ2v) is 8.11. The smallest absolute Gasteiger partial charge is 0.322 e. The maximum absolute atomic E-state index is 11.7. The van der Waals surface area contributed by atoms with E-state index in [4.69, 9.17) is 4.74 Å². The average Bonchev–Trinajstić information content (AvgIpc) is 3.49. The molecule has 2 saturated heterocycles. The van der Waals surface area contributed by atoms with Crippen molar-refractivity contribution in [3.63, 3.8) is 0 Å². The fourth-order valence-corrected chi connectivity index (χ4v) is 3.73. The molecule has 0 saturated carbocycles. The molecule has 0 bridgehead atoms. The van der Waals surface area contributed by atoms with Crippen molar-refractivity contribution >= 4 is 23.9 Å². The molecule has 10 heteroatoms. The monoisotopic (exact) mass is 521 g/mol. The number of nitrogens with one attached hydrogen (secondary N) is 3. The number of ether oxygens (including phenoxy) is 1. The summed E-state index contributed by atoms with van der Waals surface area (Å²) in [5.74, 6) is 5.16. The summed E-state index contributed by atoms with van der Waals surface area (Å²) in [6.07, 6.45) is 14.6. The van der Waals surface area contributed by atoms with Gasteiger partial charge in [0, 0.05) is 44.9 Å². The molecule has 6 amide bonds. The predicted octanol–water partition coefficient (Wildman–Crippen LogP) is 1.81. The lowest BCUT2D eigenvalue weighted by Gasteiger charge is -2.20. The Labute approximate surface area is 223 Å². The molecule has 10 nitrogen and oxygen atoms in total. The molecular formula is C28H35N5O5. The number of methoxy groups -OCH3 is 1. The van der Waals surface area contributed by atoms with Gasteiger partial charge >= 0.3 is 12.1 Å². The van der Waals surface area contributed by atoms with Gasteiger partial charge in [0.25, 0.3) is 11.8 Å². The SMILES string of the molecule is C=CC1=C(/C=C\COC)CN(C)C1=O.CC.O=C1NC(=O)C(C#CC2=CC=CC(N3CCNC3=O)C=C2)N1. The van der Waals surface area contributed by atoms with Gasteiger partial charge in [-0.3, -0.25) is 14.9 Å². The number of allylic oxidation sites excluding steroid dienone is 4. The number of imide groups is 1. The van der Waals surface area contributed by atoms with Crippen molar-refractivity contribution in [2.24, 2.45) is 0 Å². The van der Waals surface area contributed by atoms with Crippen LogP contribution >= 0.6 is 0 Å². The number of likely N-dealkylation sites (N-methyl/N-ethyl adjacent to an activating group) is 1. The topological polar surface area (TPSA) is 120 Å². The number of carbonyl (C=O) groups is 4. The number of carbonyl (C=O) groups excluding carboxylic acids is 4. The zero-order valence-corrected chi connectivity index (χ0v) is 22.2. The molecule has 2 atom stereocenters. The first-order chi connectivity index (χ1) is 18.3. The van der Waals surface area contributed by atoms with Crippen LogP contribution in [0.4, 0.5) is 9.59 Å². The lowest BCUT2D eigenvalue weighted by atomic mass is 10.1. The first-order valence-corrected chi connectivity index (χ1v) is 12.3. The van der Waals surface area contributed by atoms with E-state index < -0.39 is 18.0 Å².